The highest BCUT2D eigenvalue weighted by atomic mass is 15.1. The smallest absolute Gasteiger partial charge is 0.0233 e. The number of rotatable bonds is 5. The van der Waals surface area contributed by atoms with Crippen LogP contribution in [0, 0.1) is 5.92 Å². The van der Waals surface area contributed by atoms with Crippen LogP contribution in [0.5, 0.6) is 0 Å². The van der Waals surface area contributed by atoms with Crippen molar-refractivity contribution in [1.82, 2.24) is 10.2 Å². The molecule has 2 nitrogen and oxygen atoms in total. The standard InChI is InChI=1S/C16H24N2/c1-2-4-15(5-3-1)13-18-10-8-16(9-11-18)17-12-14-6-7-14/h1-5,14,16-17H,6-13H2. The van der Waals surface area contributed by atoms with Crippen LogP contribution >= 0.6 is 0 Å². The molecule has 0 bridgehead atoms. The summed E-state index contributed by atoms with van der Waals surface area (Å²) in [5, 5.41) is 3.74. The van der Waals surface area contributed by atoms with Crippen molar-refractivity contribution < 1.29 is 0 Å². The molecular formula is C16H24N2. The summed E-state index contributed by atoms with van der Waals surface area (Å²) < 4.78 is 0. The van der Waals surface area contributed by atoms with E-state index in [9.17, 15) is 0 Å². The number of piperidine rings is 1. The Morgan fingerprint density at radius 1 is 1.00 bits per heavy atom. The van der Waals surface area contributed by atoms with Crippen molar-refractivity contribution >= 4 is 0 Å². The Hall–Kier alpha value is -0.860. The van der Waals surface area contributed by atoms with E-state index < -0.39 is 0 Å². The summed E-state index contributed by atoms with van der Waals surface area (Å²) in [5.74, 6) is 1.01. The number of hydrogen-bond acceptors (Lipinski definition) is 2. The zero-order chi connectivity index (χ0) is 12.2. The first-order valence-electron chi connectivity index (χ1n) is 7.40. The number of benzene rings is 1. The number of nitrogens with zero attached hydrogens (tertiary/aromatic N) is 1. The van der Waals surface area contributed by atoms with E-state index in [0.717, 1.165) is 18.5 Å². The average Bonchev–Trinajstić information content (AvgIpc) is 3.23. The lowest BCUT2D eigenvalue weighted by molar-refractivity contribution is 0.190. The molecule has 1 N–H and O–H groups in total. The van der Waals surface area contributed by atoms with Gasteiger partial charge in [0.15, 0.2) is 0 Å². The summed E-state index contributed by atoms with van der Waals surface area (Å²) >= 11 is 0. The fraction of sp³-hybridized carbons (Fsp3) is 0.625. The van der Waals surface area contributed by atoms with Gasteiger partial charge in [0.2, 0.25) is 0 Å². The summed E-state index contributed by atoms with van der Waals surface area (Å²) in [6, 6.07) is 11.6. The van der Waals surface area contributed by atoms with Crippen LogP contribution in [0.15, 0.2) is 30.3 Å². The highest BCUT2D eigenvalue weighted by Gasteiger charge is 2.24. The van der Waals surface area contributed by atoms with Gasteiger partial charge in [-0.25, -0.2) is 0 Å². The fourth-order valence-corrected chi connectivity index (χ4v) is 2.79. The highest BCUT2D eigenvalue weighted by Crippen LogP contribution is 2.28. The maximum absolute atomic E-state index is 3.74. The molecule has 1 aromatic rings. The Balaban J connectivity index is 1.39. The molecule has 0 spiro atoms. The van der Waals surface area contributed by atoms with Crippen molar-refractivity contribution in [2.24, 2.45) is 5.92 Å². The third-order valence-corrected chi connectivity index (χ3v) is 4.23. The van der Waals surface area contributed by atoms with Crippen LogP contribution in [0.3, 0.4) is 0 Å². The minimum absolute atomic E-state index is 0.776. The maximum atomic E-state index is 3.74. The minimum atomic E-state index is 0.776. The lowest BCUT2D eigenvalue weighted by Gasteiger charge is -2.32. The molecule has 98 valence electrons. The van der Waals surface area contributed by atoms with Crippen LogP contribution in [0.25, 0.3) is 0 Å². The molecule has 1 saturated carbocycles. The van der Waals surface area contributed by atoms with Crippen molar-refractivity contribution in [3.05, 3.63) is 35.9 Å². The molecule has 0 radical (unpaired) electrons. The van der Waals surface area contributed by atoms with Gasteiger partial charge in [-0.3, -0.25) is 4.90 Å². The quantitative estimate of drug-likeness (QED) is 0.856. The number of hydrogen-bond donors (Lipinski definition) is 1. The molecule has 18 heavy (non-hydrogen) atoms. The van der Waals surface area contributed by atoms with E-state index in [0.29, 0.717) is 0 Å². The first kappa shape index (κ1) is 12.2. The van der Waals surface area contributed by atoms with Crippen LogP contribution in [0.2, 0.25) is 0 Å². The predicted molar refractivity (Wildman–Crippen MR) is 75.5 cm³/mol. The van der Waals surface area contributed by atoms with Gasteiger partial charge in [-0.1, -0.05) is 30.3 Å². The Kier molecular flexibility index (Phi) is 3.96. The number of likely N-dealkylation sites (tertiary alicyclic amines) is 1. The molecule has 0 amide bonds. The van der Waals surface area contributed by atoms with Gasteiger partial charge in [0.05, 0.1) is 0 Å². The normalized spacial score (nSPS) is 22.2. The SMILES string of the molecule is c1ccc(CN2CCC(NCC3CC3)CC2)cc1. The van der Waals surface area contributed by atoms with Crippen molar-refractivity contribution in [3.63, 3.8) is 0 Å². The Morgan fingerprint density at radius 2 is 1.72 bits per heavy atom. The maximum Gasteiger partial charge on any atom is 0.0233 e. The molecule has 0 unspecified atom stereocenters. The first-order chi connectivity index (χ1) is 8.90. The number of nitrogens with one attached hydrogen (secondary N) is 1. The van der Waals surface area contributed by atoms with E-state index in [1.807, 2.05) is 0 Å². The van der Waals surface area contributed by atoms with Gasteiger partial charge in [-0.15, -0.1) is 0 Å². The van der Waals surface area contributed by atoms with Gasteiger partial charge in [0.1, 0.15) is 0 Å². The molecule has 1 aromatic carbocycles. The zero-order valence-corrected chi connectivity index (χ0v) is 11.1. The van der Waals surface area contributed by atoms with E-state index in [1.165, 1.54) is 50.9 Å². The monoisotopic (exact) mass is 244 g/mol. The first-order valence-corrected chi connectivity index (χ1v) is 7.40. The van der Waals surface area contributed by atoms with Crippen LogP contribution in [0.1, 0.15) is 31.2 Å². The fourth-order valence-electron chi connectivity index (χ4n) is 2.79. The second-order valence-corrected chi connectivity index (χ2v) is 5.89. The molecule has 1 saturated heterocycles. The van der Waals surface area contributed by atoms with Crippen LogP contribution in [-0.4, -0.2) is 30.6 Å². The molecule has 2 heteroatoms. The third kappa shape index (κ3) is 3.56. The summed E-state index contributed by atoms with van der Waals surface area (Å²) in [6.07, 6.45) is 5.55. The van der Waals surface area contributed by atoms with E-state index in [4.69, 9.17) is 0 Å². The molecule has 1 heterocycles. The zero-order valence-electron chi connectivity index (χ0n) is 11.1. The van der Waals surface area contributed by atoms with E-state index >= 15 is 0 Å². The molecule has 0 aromatic heterocycles. The van der Waals surface area contributed by atoms with Gasteiger partial charge < -0.3 is 5.32 Å². The Labute approximate surface area is 110 Å². The van der Waals surface area contributed by atoms with Gasteiger partial charge >= 0.3 is 0 Å². The van der Waals surface area contributed by atoms with Crippen molar-refractivity contribution in [1.29, 1.82) is 0 Å². The summed E-state index contributed by atoms with van der Waals surface area (Å²) in [6.45, 7) is 4.88. The molecule has 1 aliphatic heterocycles. The van der Waals surface area contributed by atoms with E-state index in [-0.39, 0.29) is 0 Å². The van der Waals surface area contributed by atoms with Crippen LogP contribution < -0.4 is 5.32 Å². The highest BCUT2D eigenvalue weighted by molar-refractivity contribution is 5.14. The summed E-state index contributed by atoms with van der Waals surface area (Å²) in [4.78, 5) is 2.59. The van der Waals surface area contributed by atoms with Gasteiger partial charge in [0, 0.05) is 12.6 Å². The van der Waals surface area contributed by atoms with E-state index in [2.05, 4.69) is 40.5 Å². The summed E-state index contributed by atoms with van der Waals surface area (Å²) in [5.41, 5.74) is 1.45. The van der Waals surface area contributed by atoms with Crippen molar-refractivity contribution in [2.45, 2.75) is 38.3 Å². The second-order valence-electron chi connectivity index (χ2n) is 5.89. The molecule has 0 atom stereocenters. The van der Waals surface area contributed by atoms with Crippen molar-refractivity contribution in [3.8, 4) is 0 Å². The van der Waals surface area contributed by atoms with Gasteiger partial charge in [-0.05, 0) is 56.8 Å². The molecular weight excluding hydrogens is 220 g/mol. The molecule has 3 rings (SSSR count). The lowest BCUT2D eigenvalue weighted by Crippen LogP contribution is -2.42. The Morgan fingerprint density at radius 3 is 2.39 bits per heavy atom. The molecule has 1 aliphatic carbocycles. The molecule has 2 aliphatic rings. The van der Waals surface area contributed by atoms with Crippen molar-refractivity contribution in [2.75, 3.05) is 19.6 Å². The minimum Gasteiger partial charge on any atom is -0.314 e. The topological polar surface area (TPSA) is 15.3 Å². The van der Waals surface area contributed by atoms with E-state index in [1.54, 1.807) is 0 Å². The molecule has 2 fully saturated rings. The second kappa shape index (κ2) is 5.85. The average molecular weight is 244 g/mol. The summed E-state index contributed by atoms with van der Waals surface area (Å²) in [7, 11) is 0. The van der Waals surface area contributed by atoms with Gasteiger partial charge in [-0.2, -0.15) is 0 Å². The van der Waals surface area contributed by atoms with Gasteiger partial charge in [0.25, 0.3) is 0 Å². The predicted octanol–water partition coefficient (Wildman–Crippen LogP) is 2.65. The lowest BCUT2D eigenvalue weighted by atomic mass is 10.0. The largest absolute Gasteiger partial charge is 0.314 e. The third-order valence-electron chi connectivity index (χ3n) is 4.23. The van der Waals surface area contributed by atoms with Crippen LogP contribution in [-0.2, 0) is 6.54 Å². The van der Waals surface area contributed by atoms with Crippen LogP contribution in [0.4, 0.5) is 0 Å². The Bertz CT molecular complexity index is 351.